The van der Waals surface area contributed by atoms with E-state index in [2.05, 4.69) is 50.2 Å². The van der Waals surface area contributed by atoms with Gasteiger partial charge >= 0.3 is 5.97 Å². The predicted molar refractivity (Wildman–Crippen MR) is 128 cm³/mol. The molecule has 2 aromatic carbocycles. The van der Waals surface area contributed by atoms with Crippen LogP contribution in [0.2, 0.25) is 0 Å². The molecule has 0 aromatic heterocycles. The van der Waals surface area contributed by atoms with Crippen molar-refractivity contribution < 1.29 is 19.1 Å². The standard InChI is InChI=1S/C28H34O4/c1-9-19-14-15-21(20-12-10-18(4)11-13-20)16-22(19)23-24(29)27(5,6)32-28(7,8)25(23)31-26(30)17(2)3/h10-17H,9H2,1-8H3. The molecule has 0 bridgehead atoms. The van der Waals surface area contributed by atoms with Gasteiger partial charge in [0.05, 0.1) is 11.5 Å². The molecule has 2 aromatic rings. The number of rotatable bonds is 5. The Labute approximate surface area is 191 Å². The molecule has 4 heteroatoms. The molecule has 0 radical (unpaired) electrons. The van der Waals surface area contributed by atoms with Crippen LogP contribution in [0.1, 0.15) is 65.2 Å². The summed E-state index contributed by atoms with van der Waals surface area (Å²) in [5.41, 5.74) is 3.54. The number of benzene rings is 2. The van der Waals surface area contributed by atoms with Crippen LogP contribution in [0, 0.1) is 12.8 Å². The van der Waals surface area contributed by atoms with Crippen LogP contribution in [0.25, 0.3) is 16.7 Å². The smallest absolute Gasteiger partial charge is 0.313 e. The predicted octanol–water partition coefficient (Wildman–Crippen LogP) is 6.29. The van der Waals surface area contributed by atoms with E-state index >= 15 is 0 Å². The first-order valence-electron chi connectivity index (χ1n) is 11.3. The van der Waals surface area contributed by atoms with Crippen molar-refractivity contribution in [1.82, 2.24) is 0 Å². The van der Waals surface area contributed by atoms with Crippen molar-refractivity contribution in [2.24, 2.45) is 5.92 Å². The quantitative estimate of drug-likeness (QED) is 0.519. The number of ether oxygens (including phenoxy) is 2. The fraction of sp³-hybridized carbons (Fsp3) is 0.429. The van der Waals surface area contributed by atoms with Crippen molar-refractivity contribution in [1.29, 1.82) is 0 Å². The summed E-state index contributed by atoms with van der Waals surface area (Å²) in [6, 6.07) is 14.5. The number of ketones is 1. The zero-order chi connectivity index (χ0) is 23.8. The molecule has 0 saturated heterocycles. The third kappa shape index (κ3) is 4.56. The third-order valence-corrected chi connectivity index (χ3v) is 5.88. The number of carbonyl (C=O) groups excluding carboxylic acids is 2. The van der Waals surface area contributed by atoms with Crippen LogP contribution in [0.4, 0.5) is 0 Å². The van der Waals surface area contributed by atoms with Crippen LogP contribution in [0.15, 0.2) is 48.2 Å². The molecule has 3 rings (SSSR count). The van der Waals surface area contributed by atoms with Crippen molar-refractivity contribution in [3.63, 3.8) is 0 Å². The van der Waals surface area contributed by atoms with E-state index in [1.165, 1.54) is 5.56 Å². The Balaban J connectivity index is 2.30. The summed E-state index contributed by atoms with van der Waals surface area (Å²) in [5, 5.41) is 0. The second-order valence-electron chi connectivity index (χ2n) is 9.82. The molecular weight excluding hydrogens is 400 g/mol. The highest BCUT2D eigenvalue weighted by Crippen LogP contribution is 2.43. The molecule has 0 aliphatic carbocycles. The van der Waals surface area contributed by atoms with E-state index in [0.29, 0.717) is 5.57 Å². The molecule has 32 heavy (non-hydrogen) atoms. The van der Waals surface area contributed by atoms with E-state index in [1.54, 1.807) is 27.7 Å². The lowest BCUT2D eigenvalue weighted by atomic mass is 9.80. The minimum Gasteiger partial charge on any atom is -0.427 e. The molecular formula is C28H34O4. The van der Waals surface area contributed by atoms with Gasteiger partial charge in [0.2, 0.25) is 0 Å². The van der Waals surface area contributed by atoms with Gasteiger partial charge in [-0.25, -0.2) is 0 Å². The van der Waals surface area contributed by atoms with E-state index in [9.17, 15) is 9.59 Å². The lowest BCUT2D eigenvalue weighted by Crippen LogP contribution is -2.50. The largest absolute Gasteiger partial charge is 0.427 e. The van der Waals surface area contributed by atoms with Crippen molar-refractivity contribution in [2.75, 3.05) is 0 Å². The van der Waals surface area contributed by atoms with Gasteiger partial charge in [-0.15, -0.1) is 0 Å². The third-order valence-electron chi connectivity index (χ3n) is 5.88. The van der Waals surface area contributed by atoms with E-state index in [0.717, 1.165) is 28.7 Å². The number of aryl methyl sites for hydroxylation is 2. The number of hydrogen-bond acceptors (Lipinski definition) is 4. The van der Waals surface area contributed by atoms with Gasteiger partial charge in [0.25, 0.3) is 0 Å². The fourth-order valence-electron chi connectivity index (χ4n) is 4.12. The summed E-state index contributed by atoms with van der Waals surface area (Å²) >= 11 is 0. The van der Waals surface area contributed by atoms with Crippen LogP contribution < -0.4 is 0 Å². The Kier molecular flexibility index (Phi) is 6.48. The van der Waals surface area contributed by atoms with E-state index in [1.807, 2.05) is 19.9 Å². The number of Topliss-reactive ketones (excluding diaryl/α,β-unsaturated/α-hetero) is 1. The molecule has 0 amide bonds. The van der Waals surface area contributed by atoms with E-state index in [-0.39, 0.29) is 23.4 Å². The Hall–Kier alpha value is -2.72. The average molecular weight is 435 g/mol. The Morgan fingerprint density at radius 2 is 1.56 bits per heavy atom. The van der Waals surface area contributed by atoms with Crippen LogP contribution in [-0.2, 0) is 25.5 Å². The Bertz CT molecular complexity index is 1070. The summed E-state index contributed by atoms with van der Waals surface area (Å²) in [4.78, 5) is 26.3. The summed E-state index contributed by atoms with van der Waals surface area (Å²) in [7, 11) is 0. The molecule has 1 heterocycles. The van der Waals surface area contributed by atoms with Gasteiger partial charge in [0.15, 0.2) is 11.5 Å². The maximum absolute atomic E-state index is 13.7. The molecule has 1 aliphatic rings. The fourth-order valence-corrected chi connectivity index (χ4v) is 4.12. The molecule has 0 N–H and O–H groups in total. The first-order valence-corrected chi connectivity index (χ1v) is 11.3. The van der Waals surface area contributed by atoms with E-state index < -0.39 is 11.2 Å². The van der Waals surface area contributed by atoms with Gasteiger partial charge in [0, 0.05) is 0 Å². The summed E-state index contributed by atoms with van der Waals surface area (Å²) < 4.78 is 12.0. The van der Waals surface area contributed by atoms with Crippen LogP contribution in [-0.4, -0.2) is 23.0 Å². The van der Waals surface area contributed by atoms with Crippen LogP contribution in [0.5, 0.6) is 0 Å². The number of esters is 1. The first-order chi connectivity index (χ1) is 14.9. The summed E-state index contributed by atoms with van der Waals surface area (Å²) in [5.74, 6) is -0.598. The van der Waals surface area contributed by atoms with E-state index in [4.69, 9.17) is 9.47 Å². The molecule has 170 valence electrons. The summed E-state index contributed by atoms with van der Waals surface area (Å²) in [6.45, 7) is 14.9. The van der Waals surface area contributed by atoms with Crippen molar-refractivity contribution in [2.45, 2.75) is 73.0 Å². The van der Waals surface area contributed by atoms with Crippen LogP contribution >= 0.6 is 0 Å². The molecule has 4 nitrogen and oxygen atoms in total. The molecule has 1 aliphatic heterocycles. The first kappa shape index (κ1) is 23.9. The van der Waals surface area contributed by atoms with Gasteiger partial charge in [0.1, 0.15) is 11.2 Å². The van der Waals surface area contributed by atoms with Gasteiger partial charge in [-0.3, -0.25) is 9.59 Å². The zero-order valence-corrected chi connectivity index (χ0v) is 20.5. The molecule has 0 saturated carbocycles. The Morgan fingerprint density at radius 1 is 0.969 bits per heavy atom. The van der Waals surface area contributed by atoms with Gasteiger partial charge in [-0.1, -0.05) is 62.7 Å². The monoisotopic (exact) mass is 434 g/mol. The van der Waals surface area contributed by atoms with Crippen molar-refractivity contribution >= 4 is 17.3 Å². The number of carbonyl (C=O) groups is 2. The minimum absolute atomic E-state index is 0.181. The minimum atomic E-state index is -1.04. The zero-order valence-electron chi connectivity index (χ0n) is 20.5. The van der Waals surface area contributed by atoms with Gasteiger partial charge in [-0.2, -0.15) is 0 Å². The maximum Gasteiger partial charge on any atom is 0.313 e. The highest BCUT2D eigenvalue weighted by atomic mass is 16.6. The maximum atomic E-state index is 13.7. The Morgan fingerprint density at radius 3 is 2.12 bits per heavy atom. The SMILES string of the molecule is CCc1ccc(-c2ccc(C)cc2)cc1C1=C(OC(=O)C(C)C)C(C)(C)OC(C)(C)C1=O. The van der Waals surface area contributed by atoms with Crippen molar-refractivity contribution in [3.8, 4) is 11.1 Å². The topological polar surface area (TPSA) is 52.6 Å². The second-order valence-corrected chi connectivity index (χ2v) is 9.82. The highest BCUT2D eigenvalue weighted by Gasteiger charge is 2.49. The van der Waals surface area contributed by atoms with Gasteiger partial charge in [-0.05, 0) is 69.4 Å². The van der Waals surface area contributed by atoms with Crippen LogP contribution in [0.3, 0.4) is 0 Å². The average Bonchev–Trinajstić information content (AvgIpc) is 2.71. The molecule has 0 spiro atoms. The normalized spacial score (nSPS) is 17.6. The lowest BCUT2D eigenvalue weighted by Gasteiger charge is -2.42. The van der Waals surface area contributed by atoms with Crippen molar-refractivity contribution in [3.05, 3.63) is 64.9 Å². The van der Waals surface area contributed by atoms with Gasteiger partial charge < -0.3 is 9.47 Å². The molecule has 0 fully saturated rings. The highest BCUT2D eigenvalue weighted by molar-refractivity contribution is 6.26. The lowest BCUT2D eigenvalue weighted by molar-refractivity contribution is -0.167. The summed E-state index contributed by atoms with van der Waals surface area (Å²) in [6.07, 6.45) is 0.743. The number of hydrogen-bond donors (Lipinski definition) is 0. The molecule has 0 unspecified atom stereocenters. The second kappa shape index (κ2) is 8.67. The molecule has 0 atom stereocenters.